The monoisotopic (exact) mass is 556 g/mol. The number of hydrogen-bond donors (Lipinski definition) is 0. The topological polar surface area (TPSA) is 17.1 Å². The van der Waals surface area contributed by atoms with E-state index in [1.807, 2.05) is 97.1 Å². The van der Waals surface area contributed by atoms with Gasteiger partial charge in [-0.15, -0.1) is 25.7 Å². The number of carbonyl (C=O) groups excluding carboxylic acids is 1. The molecule has 0 amide bonds. The maximum Gasteiger partial charge on any atom is 0.195 e. The van der Waals surface area contributed by atoms with E-state index in [1.54, 1.807) is 0 Å². The third-order valence-electron chi connectivity index (χ3n) is 7.83. The van der Waals surface area contributed by atoms with Crippen LogP contribution in [-0.2, 0) is 4.79 Å². The molecule has 3 aliphatic carbocycles. The van der Waals surface area contributed by atoms with Crippen LogP contribution in [-0.4, -0.2) is 5.78 Å². The van der Waals surface area contributed by atoms with E-state index >= 15 is 0 Å². The lowest BCUT2D eigenvalue weighted by atomic mass is 9.85. The predicted molar refractivity (Wildman–Crippen MR) is 182 cm³/mol. The third kappa shape index (κ3) is 4.63. The molecule has 202 valence electrons. The van der Waals surface area contributed by atoms with Gasteiger partial charge in [0.15, 0.2) is 5.78 Å². The van der Waals surface area contributed by atoms with Crippen molar-refractivity contribution in [3.8, 4) is 60.5 Å². The second kappa shape index (κ2) is 11.8. The van der Waals surface area contributed by atoms with Gasteiger partial charge in [0.05, 0.1) is 0 Å². The molecule has 1 nitrogen and oxygen atoms in total. The number of fused-ring (bicyclic) bond motifs is 1. The van der Waals surface area contributed by atoms with Crippen LogP contribution in [0.1, 0.15) is 44.5 Å². The highest BCUT2D eigenvalue weighted by molar-refractivity contribution is 6.59. The first-order chi connectivity index (χ1) is 21.6. The molecular weight excluding hydrogens is 532 g/mol. The molecule has 0 fully saturated rings. The van der Waals surface area contributed by atoms with Crippen molar-refractivity contribution in [1.29, 1.82) is 0 Å². The van der Waals surface area contributed by atoms with Crippen molar-refractivity contribution in [3.63, 3.8) is 0 Å². The highest BCUT2D eigenvalue weighted by atomic mass is 16.1. The Morgan fingerprint density at radius 2 is 0.591 bits per heavy atom. The second-order valence-corrected chi connectivity index (χ2v) is 10.2. The summed E-state index contributed by atoms with van der Waals surface area (Å²) in [6, 6.07) is 38.4. The first kappa shape index (κ1) is 27.6. The van der Waals surface area contributed by atoms with Crippen LogP contribution in [0.4, 0.5) is 0 Å². The van der Waals surface area contributed by atoms with Crippen LogP contribution in [0.2, 0.25) is 0 Å². The molecule has 0 heterocycles. The average Bonchev–Trinajstić information content (AvgIpc) is 3.37. The van der Waals surface area contributed by atoms with Gasteiger partial charge in [0.1, 0.15) is 0 Å². The van der Waals surface area contributed by atoms with E-state index in [4.69, 9.17) is 25.7 Å². The van der Waals surface area contributed by atoms with Gasteiger partial charge in [0, 0.05) is 55.7 Å². The minimum atomic E-state index is -0.195. The SMILES string of the molecule is C#Cc1ccccc1C1=C(c2ccccc2C#C)C(c2ccccc2C#C)=C(c2ccccc2C#C)C1=O.c1cc2ccc1-2. The van der Waals surface area contributed by atoms with E-state index in [1.165, 1.54) is 11.1 Å². The smallest absolute Gasteiger partial charge is 0.195 e. The van der Waals surface area contributed by atoms with E-state index in [2.05, 4.69) is 47.9 Å². The van der Waals surface area contributed by atoms with Crippen LogP contribution in [0.3, 0.4) is 0 Å². The van der Waals surface area contributed by atoms with Crippen LogP contribution in [0.25, 0.3) is 33.4 Å². The van der Waals surface area contributed by atoms with Gasteiger partial charge in [-0.25, -0.2) is 0 Å². The van der Waals surface area contributed by atoms with Gasteiger partial charge in [-0.1, -0.05) is 121 Å². The summed E-state index contributed by atoms with van der Waals surface area (Å²) in [6.07, 6.45) is 23.7. The number of ketones is 1. The Kier molecular flexibility index (Phi) is 7.40. The highest BCUT2D eigenvalue weighted by Crippen LogP contribution is 2.51. The number of carbonyl (C=O) groups is 1. The first-order valence-corrected chi connectivity index (χ1v) is 14.0. The summed E-state index contributed by atoms with van der Waals surface area (Å²) >= 11 is 0. The third-order valence-corrected chi connectivity index (χ3v) is 7.83. The highest BCUT2D eigenvalue weighted by Gasteiger charge is 2.38. The molecule has 0 saturated heterocycles. The molecule has 1 heteroatoms. The van der Waals surface area contributed by atoms with Crippen molar-refractivity contribution < 1.29 is 4.79 Å². The first-order valence-electron chi connectivity index (χ1n) is 14.0. The summed E-state index contributed by atoms with van der Waals surface area (Å²) < 4.78 is 0. The van der Waals surface area contributed by atoms with Gasteiger partial charge >= 0.3 is 0 Å². The van der Waals surface area contributed by atoms with E-state index in [0.717, 1.165) is 11.1 Å². The molecule has 0 aliphatic heterocycles. The van der Waals surface area contributed by atoms with Gasteiger partial charge in [-0.3, -0.25) is 4.79 Å². The minimum Gasteiger partial charge on any atom is -0.289 e. The lowest BCUT2D eigenvalue weighted by Crippen LogP contribution is -2.05. The van der Waals surface area contributed by atoms with Crippen molar-refractivity contribution in [2.75, 3.05) is 0 Å². The number of benzene rings is 5. The zero-order valence-electron chi connectivity index (χ0n) is 23.8. The van der Waals surface area contributed by atoms with Crippen molar-refractivity contribution in [1.82, 2.24) is 0 Å². The quantitative estimate of drug-likeness (QED) is 0.199. The Balaban J connectivity index is 0.000000503. The van der Waals surface area contributed by atoms with Gasteiger partial charge in [0.2, 0.25) is 0 Å². The van der Waals surface area contributed by atoms with Crippen molar-refractivity contribution in [2.45, 2.75) is 0 Å². The molecule has 0 spiro atoms. The molecule has 44 heavy (non-hydrogen) atoms. The molecule has 7 rings (SSSR count). The molecule has 0 bridgehead atoms. The predicted octanol–water partition coefficient (Wildman–Crippen LogP) is 8.38. The normalized spacial score (nSPS) is 12.3. The second-order valence-electron chi connectivity index (χ2n) is 10.2. The molecule has 0 unspecified atom stereocenters. The molecular formula is C43H24O. The Morgan fingerprint density at radius 3 is 0.818 bits per heavy atom. The summed E-state index contributed by atoms with van der Waals surface area (Å²) in [5.74, 6) is 10.9. The van der Waals surface area contributed by atoms with Crippen molar-refractivity contribution in [3.05, 3.63) is 166 Å². The standard InChI is InChI=1S/C37H20O.C6H4/c1-5-25-17-9-13-21-29(25)33-34(30-22-14-10-18-26(30)6-2)36(32-24-16-12-20-28(32)8-4)37(38)35(33)31-23-15-11-19-27(31)7-3;1-2-6-4-3-5(1)6/h1-4,9-24H;1-4H. The summed E-state index contributed by atoms with van der Waals surface area (Å²) in [6.45, 7) is 0. The molecule has 0 saturated carbocycles. The lowest BCUT2D eigenvalue weighted by molar-refractivity contribution is -0.108. The molecule has 3 aliphatic rings. The number of Topliss-reactive ketones (excluding diaryl/α,β-unsaturated/α-hetero) is 1. The number of rotatable bonds is 4. The molecule has 4 aromatic carbocycles. The number of hydrogen-bond acceptors (Lipinski definition) is 1. The fourth-order valence-corrected chi connectivity index (χ4v) is 5.63. The maximum absolute atomic E-state index is 14.7. The molecule has 0 N–H and O–H groups in total. The molecule has 0 atom stereocenters. The Hall–Kier alpha value is -6.51. The summed E-state index contributed by atoms with van der Waals surface area (Å²) in [5.41, 5.74) is 10.4. The Bertz CT molecular complexity index is 2050. The maximum atomic E-state index is 14.7. The van der Waals surface area contributed by atoms with Crippen LogP contribution >= 0.6 is 0 Å². The molecule has 0 radical (unpaired) electrons. The van der Waals surface area contributed by atoms with Crippen LogP contribution in [0, 0.1) is 49.4 Å². The van der Waals surface area contributed by atoms with Gasteiger partial charge in [-0.05, 0) is 46.5 Å². The summed E-state index contributed by atoms with van der Waals surface area (Å²) in [7, 11) is 0. The molecule has 4 aromatic rings. The Morgan fingerprint density at radius 1 is 0.341 bits per heavy atom. The van der Waals surface area contributed by atoms with Gasteiger partial charge in [0.25, 0.3) is 0 Å². The Labute approximate surface area is 258 Å². The minimum absolute atomic E-state index is 0.195. The average molecular weight is 557 g/mol. The number of terminal acetylenes is 4. The van der Waals surface area contributed by atoms with Crippen LogP contribution in [0.15, 0.2) is 121 Å². The number of allylic oxidation sites excluding steroid dienone is 4. The lowest BCUT2D eigenvalue weighted by Gasteiger charge is -2.17. The zero-order valence-corrected chi connectivity index (χ0v) is 23.8. The fraction of sp³-hybridized carbons (Fsp3) is 0. The zero-order chi connectivity index (χ0) is 30.6. The van der Waals surface area contributed by atoms with E-state index in [9.17, 15) is 4.79 Å². The summed E-state index contributed by atoms with van der Waals surface area (Å²) in [4.78, 5) is 14.7. The van der Waals surface area contributed by atoms with Crippen molar-refractivity contribution >= 4 is 28.1 Å². The van der Waals surface area contributed by atoms with Gasteiger partial charge < -0.3 is 0 Å². The van der Waals surface area contributed by atoms with Gasteiger partial charge in [-0.2, -0.15) is 0 Å². The largest absolute Gasteiger partial charge is 0.289 e. The summed E-state index contributed by atoms with van der Waals surface area (Å²) in [5, 5.41) is 0. The van der Waals surface area contributed by atoms with Crippen LogP contribution < -0.4 is 0 Å². The molecule has 0 aromatic heterocycles. The fourth-order valence-electron chi connectivity index (χ4n) is 5.63. The van der Waals surface area contributed by atoms with E-state index in [0.29, 0.717) is 55.7 Å². The van der Waals surface area contributed by atoms with Crippen molar-refractivity contribution in [2.24, 2.45) is 0 Å². The van der Waals surface area contributed by atoms with E-state index < -0.39 is 0 Å². The van der Waals surface area contributed by atoms with Crippen LogP contribution in [0.5, 0.6) is 0 Å². The van der Waals surface area contributed by atoms with E-state index in [-0.39, 0.29) is 5.78 Å².